The van der Waals surface area contributed by atoms with Crippen LogP contribution in [0.5, 0.6) is 5.75 Å². The minimum Gasteiger partial charge on any atom is -0.488 e. The van der Waals surface area contributed by atoms with Crippen LogP contribution in [0.1, 0.15) is 32.1 Å². The predicted octanol–water partition coefficient (Wildman–Crippen LogP) is 3.58. The summed E-state index contributed by atoms with van der Waals surface area (Å²) in [4.78, 5) is 4.09. The molecule has 3 nitrogen and oxygen atoms in total. The highest BCUT2D eigenvalue weighted by atomic mass is 16.5. The van der Waals surface area contributed by atoms with Crippen molar-refractivity contribution in [2.75, 3.05) is 0 Å². The van der Waals surface area contributed by atoms with E-state index in [1.807, 2.05) is 35.3 Å². The van der Waals surface area contributed by atoms with Crippen LogP contribution in [0.15, 0.2) is 43.0 Å². The summed E-state index contributed by atoms with van der Waals surface area (Å²) in [5.74, 6) is 0.961. The van der Waals surface area contributed by atoms with E-state index in [1.165, 1.54) is 32.1 Å². The van der Waals surface area contributed by atoms with Crippen LogP contribution in [0.4, 0.5) is 0 Å². The molecule has 1 heterocycles. The number of nitrogens with zero attached hydrogens (tertiary/aromatic N) is 2. The number of rotatable bonds is 3. The number of aromatic nitrogens is 2. The zero-order valence-electron chi connectivity index (χ0n) is 10.5. The standard InChI is InChI=1S/C15H18N2O/c1-2-6-13(7-3-1)18-15-9-5-4-8-14(15)17-11-10-16-12-17/h4-5,8-13H,1-3,6-7H2. The summed E-state index contributed by atoms with van der Waals surface area (Å²) in [7, 11) is 0. The molecule has 0 unspecified atom stereocenters. The fraction of sp³-hybridized carbons (Fsp3) is 0.400. The summed E-state index contributed by atoms with van der Waals surface area (Å²) in [6.07, 6.45) is 12.2. The predicted molar refractivity (Wildman–Crippen MR) is 71.1 cm³/mol. The summed E-state index contributed by atoms with van der Waals surface area (Å²) < 4.78 is 8.16. The summed E-state index contributed by atoms with van der Waals surface area (Å²) >= 11 is 0. The minimum atomic E-state index is 0.378. The van der Waals surface area contributed by atoms with Crippen LogP contribution in [0.3, 0.4) is 0 Å². The first-order valence-corrected chi connectivity index (χ1v) is 6.67. The van der Waals surface area contributed by atoms with Gasteiger partial charge in [-0.15, -0.1) is 0 Å². The Morgan fingerprint density at radius 2 is 1.94 bits per heavy atom. The molecule has 1 aliphatic rings. The molecule has 0 bridgehead atoms. The first kappa shape index (κ1) is 11.3. The molecule has 0 saturated heterocycles. The van der Waals surface area contributed by atoms with E-state index < -0.39 is 0 Å². The Morgan fingerprint density at radius 1 is 1.11 bits per heavy atom. The SMILES string of the molecule is c1ccc(-n2ccnc2)c(OC2CCCCC2)c1. The average molecular weight is 242 g/mol. The summed E-state index contributed by atoms with van der Waals surface area (Å²) in [5.41, 5.74) is 1.07. The second kappa shape index (κ2) is 5.25. The van der Waals surface area contributed by atoms with E-state index in [4.69, 9.17) is 4.74 Å². The Hall–Kier alpha value is -1.77. The molecule has 0 N–H and O–H groups in total. The molecular weight excluding hydrogens is 224 g/mol. The molecule has 94 valence electrons. The van der Waals surface area contributed by atoms with Crippen LogP contribution >= 0.6 is 0 Å². The molecule has 18 heavy (non-hydrogen) atoms. The monoisotopic (exact) mass is 242 g/mol. The van der Waals surface area contributed by atoms with Crippen molar-refractivity contribution in [2.24, 2.45) is 0 Å². The lowest BCUT2D eigenvalue weighted by molar-refractivity contribution is 0.155. The maximum absolute atomic E-state index is 6.16. The van der Waals surface area contributed by atoms with Crippen molar-refractivity contribution in [3.8, 4) is 11.4 Å². The molecule has 3 rings (SSSR count). The smallest absolute Gasteiger partial charge is 0.143 e. The van der Waals surface area contributed by atoms with Crippen LogP contribution in [-0.2, 0) is 0 Å². The molecule has 0 aliphatic heterocycles. The molecule has 1 aromatic carbocycles. The lowest BCUT2D eigenvalue weighted by atomic mass is 9.98. The highest BCUT2D eigenvalue weighted by Crippen LogP contribution is 2.27. The van der Waals surface area contributed by atoms with Gasteiger partial charge in [-0.25, -0.2) is 4.98 Å². The van der Waals surface area contributed by atoms with Crippen LogP contribution in [0.2, 0.25) is 0 Å². The van der Waals surface area contributed by atoms with Gasteiger partial charge >= 0.3 is 0 Å². The number of hydrogen-bond acceptors (Lipinski definition) is 2. The lowest BCUT2D eigenvalue weighted by Crippen LogP contribution is -2.20. The molecule has 2 aromatic rings. The van der Waals surface area contributed by atoms with Crippen molar-refractivity contribution in [1.82, 2.24) is 9.55 Å². The van der Waals surface area contributed by atoms with Crippen molar-refractivity contribution in [3.05, 3.63) is 43.0 Å². The van der Waals surface area contributed by atoms with Gasteiger partial charge in [0.15, 0.2) is 0 Å². The quantitative estimate of drug-likeness (QED) is 0.822. The Kier molecular flexibility index (Phi) is 3.31. The van der Waals surface area contributed by atoms with E-state index in [0.29, 0.717) is 6.10 Å². The van der Waals surface area contributed by atoms with Crippen molar-refractivity contribution >= 4 is 0 Å². The first-order valence-electron chi connectivity index (χ1n) is 6.67. The molecule has 0 atom stereocenters. The van der Waals surface area contributed by atoms with Gasteiger partial charge in [0.25, 0.3) is 0 Å². The molecule has 0 spiro atoms. The Labute approximate surface area is 107 Å². The van der Waals surface area contributed by atoms with Crippen LogP contribution in [-0.4, -0.2) is 15.7 Å². The van der Waals surface area contributed by atoms with Gasteiger partial charge in [0.1, 0.15) is 5.75 Å². The molecule has 1 aromatic heterocycles. The van der Waals surface area contributed by atoms with Crippen LogP contribution in [0, 0.1) is 0 Å². The summed E-state index contributed by atoms with van der Waals surface area (Å²) in [5, 5.41) is 0. The highest BCUT2D eigenvalue weighted by molar-refractivity contribution is 5.46. The van der Waals surface area contributed by atoms with Gasteiger partial charge in [0.2, 0.25) is 0 Å². The number of ether oxygens (including phenoxy) is 1. The highest BCUT2D eigenvalue weighted by Gasteiger charge is 2.16. The van der Waals surface area contributed by atoms with Crippen molar-refractivity contribution in [3.63, 3.8) is 0 Å². The topological polar surface area (TPSA) is 27.1 Å². The zero-order chi connectivity index (χ0) is 12.2. The molecule has 1 fully saturated rings. The third-order valence-corrected chi connectivity index (χ3v) is 3.49. The largest absolute Gasteiger partial charge is 0.488 e. The second-order valence-corrected chi connectivity index (χ2v) is 4.82. The number of hydrogen-bond donors (Lipinski definition) is 0. The first-order chi connectivity index (χ1) is 8.93. The maximum atomic E-state index is 6.16. The fourth-order valence-electron chi connectivity index (χ4n) is 2.53. The normalized spacial score (nSPS) is 16.7. The third kappa shape index (κ3) is 2.40. The van der Waals surface area contributed by atoms with E-state index >= 15 is 0 Å². The molecule has 0 radical (unpaired) electrons. The number of benzene rings is 1. The lowest BCUT2D eigenvalue weighted by Gasteiger charge is -2.24. The van der Waals surface area contributed by atoms with E-state index in [2.05, 4.69) is 11.1 Å². The third-order valence-electron chi connectivity index (χ3n) is 3.49. The van der Waals surface area contributed by atoms with E-state index in [9.17, 15) is 0 Å². The molecular formula is C15H18N2O. The Bertz CT molecular complexity index is 487. The molecule has 0 amide bonds. The zero-order valence-corrected chi connectivity index (χ0v) is 10.5. The van der Waals surface area contributed by atoms with Gasteiger partial charge in [0, 0.05) is 12.4 Å². The molecule has 1 aliphatic carbocycles. The second-order valence-electron chi connectivity index (χ2n) is 4.82. The van der Waals surface area contributed by atoms with E-state index in [0.717, 1.165) is 11.4 Å². The van der Waals surface area contributed by atoms with Crippen LogP contribution < -0.4 is 4.74 Å². The van der Waals surface area contributed by atoms with Gasteiger partial charge < -0.3 is 9.30 Å². The van der Waals surface area contributed by atoms with Gasteiger partial charge in [-0.2, -0.15) is 0 Å². The van der Waals surface area contributed by atoms with Gasteiger partial charge in [-0.3, -0.25) is 0 Å². The summed E-state index contributed by atoms with van der Waals surface area (Å²) in [6.45, 7) is 0. The molecule has 3 heteroatoms. The van der Waals surface area contributed by atoms with E-state index in [-0.39, 0.29) is 0 Å². The number of para-hydroxylation sites is 2. The Morgan fingerprint density at radius 3 is 2.72 bits per heavy atom. The van der Waals surface area contributed by atoms with Crippen LogP contribution in [0.25, 0.3) is 5.69 Å². The van der Waals surface area contributed by atoms with E-state index in [1.54, 1.807) is 6.20 Å². The maximum Gasteiger partial charge on any atom is 0.143 e. The van der Waals surface area contributed by atoms with Gasteiger partial charge in [0.05, 0.1) is 18.1 Å². The fourth-order valence-corrected chi connectivity index (χ4v) is 2.53. The van der Waals surface area contributed by atoms with Gasteiger partial charge in [-0.1, -0.05) is 18.6 Å². The average Bonchev–Trinajstić information content (AvgIpc) is 2.94. The van der Waals surface area contributed by atoms with Crippen molar-refractivity contribution in [2.45, 2.75) is 38.2 Å². The van der Waals surface area contributed by atoms with Crippen molar-refractivity contribution in [1.29, 1.82) is 0 Å². The molecule has 1 saturated carbocycles. The van der Waals surface area contributed by atoms with Gasteiger partial charge in [-0.05, 0) is 37.8 Å². The Balaban J connectivity index is 1.83. The minimum absolute atomic E-state index is 0.378. The summed E-state index contributed by atoms with van der Waals surface area (Å²) in [6, 6.07) is 8.17. The number of imidazole rings is 1. The van der Waals surface area contributed by atoms with Crippen molar-refractivity contribution < 1.29 is 4.74 Å².